The molecule has 0 heterocycles. The molecule has 0 saturated heterocycles. The van der Waals surface area contributed by atoms with Crippen LogP contribution in [0.3, 0.4) is 0 Å². The van der Waals surface area contributed by atoms with Crippen LogP contribution in [0.4, 0.5) is 0 Å². The largest absolute Gasteiger partial charge is 0.0629 e. The molecule has 0 radical (unpaired) electrons. The smallest absolute Gasteiger partial charge is 0.0622 e. The van der Waals surface area contributed by atoms with Gasteiger partial charge in [-0.2, -0.15) is 0 Å². The summed E-state index contributed by atoms with van der Waals surface area (Å²) in [5.74, 6) is 0. The Labute approximate surface area is 858 Å². The van der Waals surface area contributed by atoms with Gasteiger partial charge in [0.15, 0.2) is 0 Å². The van der Waals surface area contributed by atoms with Crippen LogP contribution in [-0.2, 0) is 10.8 Å². The molecule has 0 aliphatic heterocycles. The van der Waals surface area contributed by atoms with Crippen LogP contribution in [0.2, 0.25) is 0 Å². The average molecular weight is 1860 g/mol. The van der Waals surface area contributed by atoms with Crippen LogP contribution in [0.25, 0.3) is 263 Å². The average Bonchev–Trinajstić information content (AvgIpc) is 1.07. The summed E-state index contributed by atoms with van der Waals surface area (Å²) < 4.78 is 42.7. The van der Waals surface area contributed by atoms with Gasteiger partial charge in [-0.1, -0.05) is 489 Å². The minimum absolute atomic E-state index is 0.0490. The molecule has 2 aliphatic rings. The lowest BCUT2D eigenvalue weighted by Gasteiger charge is -2.23. The van der Waals surface area contributed by atoms with Crippen molar-refractivity contribution < 1.29 is 6.85 Å². The fourth-order valence-corrected chi connectivity index (χ4v) is 24.5. The third-order valence-electron chi connectivity index (χ3n) is 31.3. The topological polar surface area (TPSA) is 0 Å². The molecule has 29 rings (SSSR count). The maximum atomic E-state index is 8.83. The Morgan fingerprint density at radius 2 is 0.397 bits per heavy atom. The second kappa shape index (κ2) is 35.5. The first kappa shape index (κ1) is 81.5. The summed E-state index contributed by atoms with van der Waals surface area (Å²) in [5, 5.41) is 26.6. The molecule has 146 heavy (non-hydrogen) atoms. The molecule has 0 fully saturated rings. The molecule has 2 aliphatic carbocycles. The van der Waals surface area contributed by atoms with Crippen LogP contribution in [0.5, 0.6) is 0 Å². The van der Waals surface area contributed by atoms with E-state index in [0.29, 0.717) is 5.56 Å². The van der Waals surface area contributed by atoms with E-state index in [1.807, 2.05) is 42.5 Å². The highest BCUT2D eigenvalue weighted by molar-refractivity contribution is 6.28. The van der Waals surface area contributed by atoms with E-state index in [0.717, 1.165) is 76.8 Å². The van der Waals surface area contributed by atoms with Crippen LogP contribution in [0, 0.1) is 0 Å². The molecule has 0 N–H and O–H groups in total. The summed E-state index contributed by atoms with van der Waals surface area (Å²) in [6.45, 7) is 9.47. The maximum absolute atomic E-state index is 8.83. The molecule has 27 aromatic rings. The Hall–Kier alpha value is -18.2. The first-order valence-electron chi connectivity index (χ1n) is 53.2. The van der Waals surface area contributed by atoms with Crippen LogP contribution in [0.1, 0.15) is 56.8 Å². The zero-order chi connectivity index (χ0) is 102. The Bertz CT molecular complexity index is 10100. The highest BCUT2D eigenvalue weighted by Crippen LogP contribution is 2.57. The predicted molar refractivity (Wildman–Crippen MR) is 627 cm³/mol. The molecule has 0 nitrogen and oxygen atoms in total. The van der Waals surface area contributed by atoms with Gasteiger partial charge in [0.25, 0.3) is 0 Å². The minimum atomic E-state index is -0.399. The first-order valence-corrected chi connectivity index (χ1v) is 50.7. The SMILES string of the molecule is CC1(C)c2ccccc2-c2ccc(-c3c4ccccc4c(-c4cc(-c5cccc6ccccc56)cc5ccccc45)c4ccccc34)cc21.CC1(C)c2ccccc2-c2ccc(-c3cc(-c4c5ccccc5c(-c5ccc6ccccc6c5)c5ccccc45)c4ccccc4c3)cc21.[2H]c1c([2H])c([2H])c(-c2cc(-c3c4ccccc4c(-c4cc(-c5ccccc5)cc(-c5ccccc5)c4)c4ccccc34)c3ccccc3c2)c([2H])c1[2H]. The molecule has 0 atom stereocenters. The summed E-state index contributed by atoms with van der Waals surface area (Å²) in [6.07, 6.45) is 0. The van der Waals surface area contributed by atoms with Gasteiger partial charge < -0.3 is 0 Å². The highest BCUT2D eigenvalue weighted by atomic mass is 14.4. The van der Waals surface area contributed by atoms with Crippen LogP contribution in [0.15, 0.2) is 534 Å². The lowest BCUT2D eigenvalue weighted by molar-refractivity contribution is 0.660. The first-order chi connectivity index (χ1) is 74.0. The van der Waals surface area contributed by atoms with Gasteiger partial charge in [0, 0.05) is 10.8 Å². The Morgan fingerprint density at radius 3 is 0.829 bits per heavy atom. The van der Waals surface area contributed by atoms with Gasteiger partial charge in [-0.15, -0.1) is 0 Å². The van der Waals surface area contributed by atoms with E-state index in [2.05, 4.69) is 489 Å². The van der Waals surface area contributed by atoms with Crippen LogP contribution in [-0.4, -0.2) is 0 Å². The van der Waals surface area contributed by atoms with E-state index in [-0.39, 0.29) is 40.6 Å². The van der Waals surface area contributed by atoms with Crippen molar-refractivity contribution in [1.29, 1.82) is 0 Å². The molecule has 0 heteroatoms. The van der Waals surface area contributed by atoms with Gasteiger partial charge >= 0.3 is 0 Å². The Kier molecular flexibility index (Phi) is 19.8. The van der Waals surface area contributed by atoms with E-state index in [1.54, 1.807) is 0 Å². The quantitative estimate of drug-likeness (QED) is 0.113. The molecular weight excluding hydrogens is 1750 g/mol. The molecule has 0 bridgehead atoms. The van der Waals surface area contributed by atoms with E-state index in [4.69, 9.17) is 6.85 Å². The second-order valence-electron chi connectivity index (χ2n) is 40.2. The molecule has 0 unspecified atom stereocenters. The van der Waals surface area contributed by atoms with Crippen molar-refractivity contribution in [1.82, 2.24) is 0 Å². The fraction of sp³-hybridized carbons (Fsp3) is 0.0411. The van der Waals surface area contributed by atoms with E-state index >= 15 is 0 Å². The standard InChI is InChI=1S/2C49H34.C48H32/c1-49(2)45-25-12-11-19-38(45)39-27-26-33(30-46(39)49)47-40-20-7-9-22-42(40)48(43-23-10-8-21-41(43)47)44-29-34(28-32-15-4-6-18-36(32)44)37-24-13-16-31-14-3-5-17-35(31)37;1-49(2)45-22-12-11-17-38(45)39-26-25-33(30-46(39)49)36-28-34-15-5-6-16-37(34)44(29-36)48-42-20-9-7-18-40(42)47(41-19-8-10-21-43(41)48)35-24-23-31-13-3-4-14-32(31)27-35;1-4-16-33(17-5-1)37-29-38(34-18-6-2-7-19-34)31-40(30-37)47-42-24-12-14-26-44(42)48(45-27-15-13-25-43(45)47)46-32-39(35-20-8-3-9-21-35)28-36-22-10-11-23-41(36)46/h2*3-30H,1-2H3;1-32H/i;;3D,8D,9D,20D,21D. The summed E-state index contributed by atoms with van der Waals surface area (Å²) in [5.41, 5.74) is 35.7. The molecular formula is C146H100. The minimum Gasteiger partial charge on any atom is -0.0622 e. The maximum Gasteiger partial charge on any atom is 0.0629 e. The van der Waals surface area contributed by atoms with Gasteiger partial charge in [0.2, 0.25) is 0 Å². The van der Waals surface area contributed by atoms with Gasteiger partial charge in [0.1, 0.15) is 0 Å². The van der Waals surface area contributed by atoms with Gasteiger partial charge in [-0.25, -0.2) is 0 Å². The number of rotatable bonds is 11. The number of benzene rings is 27. The van der Waals surface area contributed by atoms with E-state index < -0.39 is 6.04 Å². The van der Waals surface area contributed by atoms with Crippen LogP contribution < -0.4 is 0 Å². The van der Waals surface area contributed by atoms with Crippen molar-refractivity contribution in [3.63, 3.8) is 0 Å². The van der Waals surface area contributed by atoms with Crippen molar-refractivity contribution in [3.8, 4) is 145 Å². The Balaban J connectivity index is 0.000000111. The van der Waals surface area contributed by atoms with Gasteiger partial charge in [-0.05, 0) is 358 Å². The lowest BCUT2D eigenvalue weighted by Crippen LogP contribution is -2.14. The summed E-state index contributed by atoms with van der Waals surface area (Å²) in [4.78, 5) is 0. The number of fused-ring (bicyclic) bond motifs is 17. The molecule has 0 saturated carbocycles. The summed E-state index contributed by atoms with van der Waals surface area (Å²) in [7, 11) is 0. The Morgan fingerprint density at radius 1 is 0.130 bits per heavy atom. The second-order valence-corrected chi connectivity index (χ2v) is 40.2. The van der Waals surface area contributed by atoms with Crippen molar-refractivity contribution in [3.05, 3.63) is 556 Å². The number of hydrogen-bond acceptors (Lipinski definition) is 0. The third-order valence-corrected chi connectivity index (χ3v) is 31.3. The van der Waals surface area contributed by atoms with Crippen LogP contribution >= 0.6 is 0 Å². The molecule has 0 aromatic heterocycles. The van der Waals surface area contributed by atoms with E-state index in [1.165, 1.54) is 197 Å². The fourth-order valence-electron chi connectivity index (χ4n) is 24.5. The van der Waals surface area contributed by atoms with Crippen molar-refractivity contribution in [2.24, 2.45) is 0 Å². The monoisotopic (exact) mass is 1860 g/mol. The normalized spacial score (nSPS) is 13.1. The zero-order valence-corrected chi connectivity index (χ0v) is 81.4. The highest BCUT2D eigenvalue weighted by Gasteiger charge is 2.38. The zero-order valence-electron chi connectivity index (χ0n) is 86.4. The predicted octanol–water partition coefficient (Wildman–Crippen LogP) is 40.7. The molecule has 0 amide bonds. The summed E-state index contributed by atoms with van der Waals surface area (Å²) in [6, 6.07) is 182. The molecule has 27 aromatic carbocycles. The van der Waals surface area contributed by atoms with Gasteiger partial charge in [0.05, 0.1) is 6.85 Å². The molecule has 684 valence electrons. The van der Waals surface area contributed by atoms with Crippen molar-refractivity contribution in [2.45, 2.75) is 38.5 Å². The number of hydrogen-bond donors (Lipinski definition) is 0. The van der Waals surface area contributed by atoms with Crippen molar-refractivity contribution in [2.75, 3.05) is 0 Å². The van der Waals surface area contributed by atoms with Gasteiger partial charge in [-0.3, -0.25) is 0 Å². The molecule has 0 spiro atoms. The van der Waals surface area contributed by atoms with E-state index in [9.17, 15) is 0 Å². The lowest BCUT2D eigenvalue weighted by atomic mass is 9.80. The summed E-state index contributed by atoms with van der Waals surface area (Å²) >= 11 is 0. The third kappa shape index (κ3) is 14.6. The van der Waals surface area contributed by atoms with Crippen molar-refractivity contribution >= 4 is 118 Å².